The summed E-state index contributed by atoms with van der Waals surface area (Å²) in [5.74, 6) is 4.08. The molecule has 5 heteroatoms. The molecule has 2 amide bonds. The summed E-state index contributed by atoms with van der Waals surface area (Å²) in [4.78, 5) is 23.2. The molecule has 0 saturated heterocycles. The Morgan fingerprint density at radius 3 is 2.58 bits per heavy atom. The molecule has 1 aliphatic rings. The van der Waals surface area contributed by atoms with Gasteiger partial charge in [-0.15, -0.1) is 0 Å². The highest BCUT2D eigenvalue weighted by atomic mass is 16.2. The van der Waals surface area contributed by atoms with Gasteiger partial charge in [-0.2, -0.15) is 0 Å². The Labute approximate surface area is 70.9 Å². The number of nitrogens with two attached hydrogens (primary N) is 1. The number of amides is 2. The molecule has 1 aliphatic carbocycles. The van der Waals surface area contributed by atoms with E-state index in [2.05, 4.69) is 0 Å². The number of nitrogens with zero attached hydrogens (tertiary/aromatic N) is 1. The van der Waals surface area contributed by atoms with Gasteiger partial charge in [0, 0.05) is 13.6 Å². The summed E-state index contributed by atoms with van der Waals surface area (Å²) < 4.78 is 0. The molecule has 68 valence electrons. The predicted octanol–water partition coefficient (Wildman–Crippen LogP) is -1.16. The van der Waals surface area contributed by atoms with Crippen LogP contribution in [0.4, 0.5) is 0 Å². The molecular formula is C7H13N3O2. The lowest BCUT2D eigenvalue weighted by Crippen LogP contribution is -2.44. The largest absolute Gasteiger partial charge is 0.337 e. The molecular weight excluding hydrogens is 158 g/mol. The van der Waals surface area contributed by atoms with Gasteiger partial charge in [-0.05, 0) is 18.8 Å². The van der Waals surface area contributed by atoms with Crippen LogP contribution in [-0.2, 0) is 9.59 Å². The Morgan fingerprint density at radius 1 is 1.58 bits per heavy atom. The van der Waals surface area contributed by atoms with E-state index in [0.29, 0.717) is 12.5 Å². The fraction of sp³-hybridized carbons (Fsp3) is 0.714. The number of hydrazine groups is 1. The topological polar surface area (TPSA) is 75.4 Å². The van der Waals surface area contributed by atoms with Crippen molar-refractivity contribution < 1.29 is 9.59 Å². The first-order chi connectivity index (χ1) is 5.65. The van der Waals surface area contributed by atoms with Gasteiger partial charge in [0.1, 0.15) is 0 Å². The first kappa shape index (κ1) is 8.99. The van der Waals surface area contributed by atoms with Crippen LogP contribution in [0.3, 0.4) is 0 Å². The van der Waals surface area contributed by atoms with Gasteiger partial charge in [0.05, 0.1) is 0 Å². The van der Waals surface area contributed by atoms with Gasteiger partial charge in [-0.1, -0.05) is 0 Å². The second-order valence-corrected chi connectivity index (χ2v) is 3.10. The average Bonchev–Trinajstić information content (AvgIpc) is 2.85. The minimum atomic E-state index is -0.752. The van der Waals surface area contributed by atoms with Crippen molar-refractivity contribution in [2.24, 2.45) is 11.8 Å². The van der Waals surface area contributed by atoms with Crippen LogP contribution in [-0.4, -0.2) is 30.3 Å². The van der Waals surface area contributed by atoms with Crippen molar-refractivity contribution >= 4 is 11.8 Å². The van der Waals surface area contributed by atoms with Crippen LogP contribution in [0, 0.1) is 5.92 Å². The number of hydrogen-bond acceptors (Lipinski definition) is 3. The molecule has 0 atom stereocenters. The Balaban J connectivity index is 2.33. The molecule has 0 unspecified atom stereocenters. The molecule has 0 spiro atoms. The van der Waals surface area contributed by atoms with Crippen molar-refractivity contribution in [1.29, 1.82) is 0 Å². The summed E-state index contributed by atoms with van der Waals surface area (Å²) in [5, 5.41) is 0. The normalized spacial score (nSPS) is 15.5. The molecule has 1 fully saturated rings. The standard InChI is InChI=1S/C7H13N3O2/c1-10(4-5-2-3-5)7(12)6(11)9-8/h5H,2-4,8H2,1H3,(H,9,11). The van der Waals surface area contributed by atoms with E-state index < -0.39 is 11.8 Å². The fourth-order valence-electron chi connectivity index (χ4n) is 1.01. The minimum absolute atomic E-state index is 0.565. The van der Waals surface area contributed by atoms with Crippen molar-refractivity contribution in [3.8, 4) is 0 Å². The SMILES string of the molecule is CN(CC1CC1)C(=O)C(=O)NN. The van der Waals surface area contributed by atoms with Gasteiger partial charge >= 0.3 is 11.8 Å². The fourth-order valence-corrected chi connectivity index (χ4v) is 1.01. The molecule has 0 aliphatic heterocycles. The quantitative estimate of drug-likeness (QED) is 0.238. The van der Waals surface area contributed by atoms with Gasteiger partial charge in [0.15, 0.2) is 0 Å². The summed E-state index contributed by atoms with van der Waals surface area (Å²) in [6.45, 7) is 0.659. The summed E-state index contributed by atoms with van der Waals surface area (Å²) in [5.41, 5.74) is 1.81. The third-order valence-electron chi connectivity index (χ3n) is 1.90. The van der Waals surface area contributed by atoms with E-state index in [1.807, 2.05) is 5.43 Å². The Morgan fingerprint density at radius 2 is 2.17 bits per heavy atom. The number of nitrogens with one attached hydrogen (secondary N) is 1. The lowest BCUT2D eigenvalue weighted by molar-refractivity contribution is -0.145. The molecule has 3 N–H and O–H groups in total. The number of likely N-dealkylation sites (N-methyl/N-ethyl adjacent to an activating group) is 1. The zero-order valence-corrected chi connectivity index (χ0v) is 7.04. The van der Waals surface area contributed by atoms with Gasteiger partial charge < -0.3 is 4.90 Å². The number of carbonyl (C=O) groups excluding carboxylic acids is 2. The van der Waals surface area contributed by atoms with Crippen LogP contribution in [0.2, 0.25) is 0 Å². The van der Waals surface area contributed by atoms with Gasteiger partial charge in [0.2, 0.25) is 0 Å². The van der Waals surface area contributed by atoms with Crippen LogP contribution in [0.15, 0.2) is 0 Å². The predicted molar refractivity (Wildman–Crippen MR) is 42.7 cm³/mol. The van der Waals surface area contributed by atoms with Crippen LogP contribution < -0.4 is 11.3 Å². The van der Waals surface area contributed by atoms with Crippen molar-refractivity contribution in [3.63, 3.8) is 0 Å². The smallest absolute Gasteiger partial charge is 0.323 e. The van der Waals surface area contributed by atoms with Crippen molar-refractivity contribution in [3.05, 3.63) is 0 Å². The lowest BCUT2D eigenvalue weighted by Gasteiger charge is -2.14. The zero-order valence-electron chi connectivity index (χ0n) is 7.04. The second-order valence-electron chi connectivity index (χ2n) is 3.10. The summed E-state index contributed by atoms with van der Waals surface area (Å²) >= 11 is 0. The van der Waals surface area contributed by atoms with Crippen LogP contribution in [0.1, 0.15) is 12.8 Å². The average molecular weight is 171 g/mol. The van der Waals surface area contributed by atoms with Crippen LogP contribution >= 0.6 is 0 Å². The molecule has 1 rings (SSSR count). The molecule has 12 heavy (non-hydrogen) atoms. The molecule has 0 radical (unpaired) electrons. The van der Waals surface area contributed by atoms with E-state index in [-0.39, 0.29) is 0 Å². The van der Waals surface area contributed by atoms with Crippen molar-refractivity contribution in [2.45, 2.75) is 12.8 Å². The van der Waals surface area contributed by atoms with E-state index in [1.54, 1.807) is 7.05 Å². The third-order valence-corrected chi connectivity index (χ3v) is 1.90. The molecule has 0 bridgehead atoms. The Kier molecular flexibility index (Phi) is 2.65. The minimum Gasteiger partial charge on any atom is -0.337 e. The molecule has 0 heterocycles. The molecule has 0 aromatic rings. The third kappa shape index (κ3) is 2.20. The highest BCUT2D eigenvalue weighted by Crippen LogP contribution is 2.29. The zero-order chi connectivity index (χ0) is 9.14. The van der Waals surface area contributed by atoms with Crippen LogP contribution in [0.25, 0.3) is 0 Å². The van der Waals surface area contributed by atoms with E-state index in [1.165, 1.54) is 4.90 Å². The van der Waals surface area contributed by atoms with E-state index in [9.17, 15) is 9.59 Å². The maximum absolute atomic E-state index is 11.1. The maximum Gasteiger partial charge on any atom is 0.323 e. The second kappa shape index (κ2) is 3.53. The van der Waals surface area contributed by atoms with Gasteiger partial charge in [-0.3, -0.25) is 15.0 Å². The number of hydrogen-bond donors (Lipinski definition) is 2. The monoisotopic (exact) mass is 171 g/mol. The van der Waals surface area contributed by atoms with Gasteiger partial charge in [-0.25, -0.2) is 5.84 Å². The number of rotatable bonds is 2. The highest BCUT2D eigenvalue weighted by molar-refractivity contribution is 6.34. The van der Waals surface area contributed by atoms with E-state index >= 15 is 0 Å². The summed E-state index contributed by atoms with van der Waals surface area (Å²) in [7, 11) is 1.61. The van der Waals surface area contributed by atoms with Crippen molar-refractivity contribution in [2.75, 3.05) is 13.6 Å². The maximum atomic E-state index is 11.1. The van der Waals surface area contributed by atoms with Crippen LogP contribution in [0.5, 0.6) is 0 Å². The molecule has 0 aromatic carbocycles. The van der Waals surface area contributed by atoms with E-state index in [0.717, 1.165) is 12.8 Å². The first-order valence-electron chi connectivity index (χ1n) is 3.91. The summed E-state index contributed by atoms with van der Waals surface area (Å²) in [6.07, 6.45) is 2.31. The first-order valence-corrected chi connectivity index (χ1v) is 3.91. The molecule has 1 saturated carbocycles. The lowest BCUT2D eigenvalue weighted by atomic mass is 10.4. The highest BCUT2D eigenvalue weighted by Gasteiger charge is 2.26. The van der Waals surface area contributed by atoms with Gasteiger partial charge in [0.25, 0.3) is 0 Å². The number of carbonyl (C=O) groups is 2. The summed E-state index contributed by atoms with van der Waals surface area (Å²) in [6, 6.07) is 0. The van der Waals surface area contributed by atoms with E-state index in [4.69, 9.17) is 5.84 Å². The Hall–Kier alpha value is -1.10. The Bertz CT molecular complexity index is 201. The molecule has 0 aromatic heterocycles. The van der Waals surface area contributed by atoms with Crippen molar-refractivity contribution in [1.82, 2.24) is 10.3 Å². The molecule has 5 nitrogen and oxygen atoms in total.